The Kier molecular flexibility index (Phi) is 8.91. The van der Waals surface area contributed by atoms with Crippen LogP contribution in [0.2, 0.25) is 0 Å². The quantitative estimate of drug-likeness (QED) is 0.263. The molecule has 0 bridgehead atoms. The van der Waals surface area contributed by atoms with Crippen LogP contribution >= 0.6 is 0 Å². The van der Waals surface area contributed by atoms with Gasteiger partial charge in [-0.25, -0.2) is 5.48 Å². The highest BCUT2D eigenvalue weighted by Crippen LogP contribution is 2.29. The van der Waals surface area contributed by atoms with E-state index in [4.69, 9.17) is 9.94 Å². The number of benzene rings is 3. The maximum absolute atomic E-state index is 13.8. The largest absolute Gasteiger partial charge is 0.489 e. The van der Waals surface area contributed by atoms with Crippen molar-refractivity contribution in [2.24, 2.45) is 5.92 Å². The summed E-state index contributed by atoms with van der Waals surface area (Å²) in [6.45, 7) is 2.55. The molecule has 1 saturated carbocycles. The van der Waals surface area contributed by atoms with Crippen LogP contribution in [0, 0.1) is 5.92 Å². The van der Waals surface area contributed by atoms with Gasteiger partial charge in [0.15, 0.2) is 0 Å². The van der Waals surface area contributed by atoms with Crippen molar-refractivity contribution in [2.45, 2.75) is 44.6 Å². The number of amides is 2. The lowest BCUT2D eigenvalue weighted by atomic mass is 9.87. The van der Waals surface area contributed by atoms with Gasteiger partial charge < -0.3 is 15.0 Å². The molecule has 0 spiro atoms. The molecule has 7 heteroatoms. The number of fused-ring (bicyclic) bond motifs is 1. The zero-order chi connectivity index (χ0) is 27.0. The molecular weight excluding hydrogens is 490 g/mol. The maximum Gasteiger partial charge on any atom is 0.274 e. The van der Waals surface area contributed by atoms with Crippen LogP contribution in [0.5, 0.6) is 5.75 Å². The van der Waals surface area contributed by atoms with Gasteiger partial charge in [0, 0.05) is 36.0 Å². The first kappa shape index (κ1) is 26.9. The molecule has 3 N–H and O–H groups in total. The van der Waals surface area contributed by atoms with Crippen molar-refractivity contribution in [3.05, 3.63) is 83.4 Å². The molecule has 39 heavy (non-hydrogen) atoms. The lowest BCUT2D eigenvalue weighted by Crippen LogP contribution is -2.46. The zero-order valence-electron chi connectivity index (χ0n) is 22.3. The smallest absolute Gasteiger partial charge is 0.274 e. The van der Waals surface area contributed by atoms with Gasteiger partial charge in [-0.3, -0.25) is 14.8 Å². The SMILES string of the molecule is O=C(NO)c1ccc(/C=C(/COc2cccc3ccccc23)CN(C(=O)C2CCCCC2)C2CCNC2)cc1. The van der Waals surface area contributed by atoms with Gasteiger partial charge >= 0.3 is 0 Å². The molecule has 7 nitrogen and oxygen atoms in total. The van der Waals surface area contributed by atoms with Crippen molar-refractivity contribution in [3.63, 3.8) is 0 Å². The van der Waals surface area contributed by atoms with E-state index in [0.717, 1.165) is 72.9 Å². The van der Waals surface area contributed by atoms with Gasteiger partial charge in [-0.15, -0.1) is 0 Å². The Hall–Kier alpha value is -3.68. The minimum absolute atomic E-state index is 0.0934. The van der Waals surface area contributed by atoms with Crippen molar-refractivity contribution < 1.29 is 19.5 Å². The van der Waals surface area contributed by atoms with Crippen LogP contribution in [-0.4, -0.2) is 54.2 Å². The second-order valence-corrected chi connectivity index (χ2v) is 10.6. The highest BCUT2D eigenvalue weighted by Gasteiger charge is 2.32. The minimum Gasteiger partial charge on any atom is -0.489 e. The van der Waals surface area contributed by atoms with E-state index in [1.807, 2.05) is 36.4 Å². The number of hydrogen-bond donors (Lipinski definition) is 3. The molecule has 204 valence electrons. The van der Waals surface area contributed by atoms with Gasteiger partial charge in [-0.2, -0.15) is 0 Å². The monoisotopic (exact) mass is 527 g/mol. The molecule has 1 aliphatic heterocycles. The number of hydrogen-bond acceptors (Lipinski definition) is 5. The molecule has 0 aromatic heterocycles. The third kappa shape index (κ3) is 6.67. The number of rotatable bonds is 9. The van der Waals surface area contributed by atoms with Gasteiger partial charge in [0.25, 0.3) is 5.91 Å². The van der Waals surface area contributed by atoms with Crippen LogP contribution in [0.4, 0.5) is 0 Å². The highest BCUT2D eigenvalue weighted by atomic mass is 16.5. The lowest BCUT2D eigenvalue weighted by Gasteiger charge is -2.34. The van der Waals surface area contributed by atoms with Crippen LogP contribution in [0.15, 0.2) is 72.3 Å². The van der Waals surface area contributed by atoms with Crippen molar-refractivity contribution in [3.8, 4) is 5.75 Å². The molecule has 3 aromatic rings. The van der Waals surface area contributed by atoms with Crippen molar-refractivity contribution in [1.29, 1.82) is 0 Å². The van der Waals surface area contributed by atoms with Gasteiger partial charge in [0.05, 0.1) is 0 Å². The van der Waals surface area contributed by atoms with E-state index in [1.165, 1.54) is 6.42 Å². The zero-order valence-corrected chi connectivity index (χ0v) is 22.3. The van der Waals surface area contributed by atoms with Crippen molar-refractivity contribution in [1.82, 2.24) is 15.7 Å². The first-order valence-corrected chi connectivity index (χ1v) is 14.0. The standard InChI is InChI=1S/C32H37N3O4/c36-31(34-38)26-15-13-23(14-16-26)19-24(22-39-30-12-6-10-25-7-4-5-11-29(25)30)21-35(28-17-18-33-20-28)32(37)27-8-2-1-3-9-27/h4-7,10-16,19,27-28,33,38H,1-3,8-9,17-18,20-22H2,(H,34,36)/b24-19+. The molecule has 1 atom stereocenters. The fourth-order valence-corrected chi connectivity index (χ4v) is 5.75. The van der Waals surface area contributed by atoms with Crippen LogP contribution in [0.3, 0.4) is 0 Å². The van der Waals surface area contributed by atoms with E-state index in [1.54, 1.807) is 17.6 Å². The first-order valence-electron chi connectivity index (χ1n) is 14.0. The molecule has 1 saturated heterocycles. The average molecular weight is 528 g/mol. The Morgan fingerprint density at radius 2 is 1.74 bits per heavy atom. The molecule has 0 radical (unpaired) electrons. The van der Waals surface area contributed by atoms with Crippen LogP contribution in [-0.2, 0) is 4.79 Å². The summed E-state index contributed by atoms with van der Waals surface area (Å²) in [5, 5.41) is 14.5. The number of ether oxygens (including phenoxy) is 1. The van der Waals surface area contributed by atoms with E-state index >= 15 is 0 Å². The summed E-state index contributed by atoms with van der Waals surface area (Å²) in [5.41, 5.74) is 3.92. The predicted molar refractivity (Wildman–Crippen MR) is 153 cm³/mol. The number of hydroxylamine groups is 1. The molecule has 1 heterocycles. The van der Waals surface area contributed by atoms with E-state index in [9.17, 15) is 9.59 Å². The minimum atomic E-state index is -0.553. The molecule has 2 fully saturated rings. The molecule has 2 amide bonds. The van der Waals surface area contributed by atoms with Gasteiger partial charge in [0.2, 0.25) is 5.91 Å². The Bertz CT molecular complexity index is 1300. The summed E-state index contributed by atoms with van der Waals surface area (Å²) in [6.07, 6.45) is 8.38. The Morgan fingerprint density at radius 1 is 0.974 bits per heavy atom. The predicted octanol–water partition coefficient (Wildman–Crippen LogP) is 5.19. The first-order chi connectivity index (χ1) is 19.1. The summed E-state index contributed by atoms with van der Waals surface area (Å²) in [4.78, 5) is 27.7. The summed E-state index contributed by atoms with van der Waals surface area (Å²) >= 11 is 0. The Morgan fingerprint density at radius 3 is 2.49 bits per heavy atom. The van der Waals surface area contributed by atoms with E-state index in [-0.39, 0.29) is 17.9 Å². The summed E-state index contributed by atoms with van der Waals surface area (Å²) < 4.78 is 6.40. The second-order valence-electron chi connectivity index (χ2n) is 10.6. The maximum atomic E-state index is 13.8. The third-order valence-electron chi connectivity index (χ3n) is 7.89. The third-order valence-corrected chi connectivity index (χ3v) is 7.89. The summed E-state index contributed by atoms with van der Waals surface area (Å²) in [7, 11) is 0. The van der Waals surface area contributed by atoms with Crippen LogP contribution in [0.25, 0.3) is 16.8 Å². The molecule has 1 unspecified atom stereocenters. The van der Waals surface area contributed by atoms with E-state index in [2.05, 4.69) is 34.5 Å². The highest BCUT2D eigenvalue weighted by molar-refractivity contribution is 5.93. The molecular formula is C32H37N3O4. The lowest BCUT2D eigenvalue weighted by molar-refractivity contribution is -0.138. The topological polar surface area (TPSA) is 90.9 Å². The van der Waals surface area contributed by atoms with Gasteiger partial charge in [-0.1, -0.05) is 73.9 Å². The molecule has 5 rings (SSSR count). The van der Waals surface area contributed by atoms with E-state index in [0.29, 0.717) is 18.7 Å². The molecule has 1 aliphatic carbocycles. The van der Waals surface area contributed by atoms with Crippen LogP contribution in [0.1, 0.15) is 54.4 Å². The van der Waals surface area contributed by atoms with Crippen LogP contribution < -0.4 is 15.5 Å². The fourth-order valence-electron chi connectivity index (χ4n) is 5.75. The van der Waals surface area contributed by atoms with Crippen molar-refractivity contribution >= 4 is 28.7 Å². The second kappa shape index (κ2) is 12.9. The van der Waals surface area contributed by atoms with Crippen molar-refractivity contribution in [2.75, 3.05) is 26.2 Å². The number of carbonyl (C=O) groups is 2. The Balaban J connectivity index is 1.43. The normalized spacial score (nSPS) is 18.2. The Labute approximate surface area is 229 Å². The number of nitrogens with one attached hydrogen (secondary N) is 2. The van der Waals surface area contributed by atoms with E-state index < -0.39 is 5.91 Å². The summed E-state index contributed by atoms with van der Waals surface area (Å²) in [6, 6.07) is 21.4. The molecule has 2 aliphatic rings. The summed E-state index contributed by atoms with van der Waals surface area (Å²) in [5.74, 6) is 0.606. The fraction of sp³-hybridized carbons (Fsp3) is 0.375. The number of nitrogens with zero attached hydrogens (tertiary/aromatic N) is 1. The van der Waals surface area contributed by atoms with Gasteiger partial charge in [0.1, 0.15) is 12.4 Å². The van der Waals surface area contributed by atoms with Gasteiger partial charge in [-0.05, 0) is 60.5 Å². The molecule has 3 aromatic carbocycles. The average Bonchev–Trinajstić information content (AvgIpc) is 3.53. The number of carbonyl (C=O) groups excluding carboxylic acids is 2.